The van der Waals surface area contributed by atoms with E-state index in [0.29, 0.717) is 49.9 Å². The summed E-state index contributed by atoms with van der Waals surface area (Å²) in [5.41, 5.74) is 2.11. The smallest absolute Gasteiger partial charge is 0.255 e. The first kappa shape index (κ1) is 19.1. The van der Waals surface area contributed by atoms with E-state index in [4.69, 9.17) is 4.74 Å². The zero-order chi connectivity index (χ0) is 19.2. The van der Waals surface area contributed by atoms with Crippen molar-refractivity contribution in [2.45, 2.75) is 32.7 Å². The van der Waals surface area contributed by atoms with E-state index in [1.807, 2.05) is 49.1 Å². The molecule has 1 aliphatic rings. The van der Waals surface area contributed by atoms with E-state index in [1.54, 1.807) is 0 Å². The summed E-state index contributed by atoms with van der Waals surface area (Å²) in [6, 6.07) is 9.73. The highest BCUT2D eigenvalue weighted by atomic mass is 16.5. The minimum atomic E-state index is -0.173. The average molecular weight is 370 g/mol. The number of morpholine rings is 1. The molecule has 0 bridgehead atoms. The Hall–Kier alpha value is -2.67. The largest absolute Gasteiger partial charge is 0.378 e. The third-order valence-electron chi connectivity index (χ3n) is 4.80. The molecule has 3 rings (SSSR count). The van der Waals surface area contributed by atoms with Gasteiger partial charge in [0.15, 0.2) is 0 Å². The molecule has 1 amide bonds. The van der Waals surface area contributed by atoms with Crippen LogP contribution in [0.3, 0.4) is 0 Å². The van der Waals surface area contributed by atoms with Crippen LogP contribution in [0.2, 0.25) is 0 Å². The molecule has 7 heteroatoms. The summed E-state index contributed by atoms with van der Waals surface area (Å²) in [5, 5.41) is 2.97. The van der Waals surface area contributed by atoms with Gasteiger partial charge in [-0.3, -0.25) is 14.6 Å². The minimum Gasteiger partial charge on any atom is -0.378 e. The lowest BCUT2D eigenvalue weighted by Crippen LogP contribution is -2.38. The van der Waals surface area contributed by atoms with Crippen molar-refractivity contribution in [3.63, 3.8) is 0 Å². The van der Waals surface area contributed by atoms with Crippen LogP contribution in [0, 0.1) is 6.92 Å². The lowest BCUT2D eigenvalue weighted by atomic mass is 10.1. The molecule has 1 aromatic heterocycles. The van der Waals surface area contributed by atoms with Gasteiger partial charge >= 0.3 is 0 Å². The molecule has 0 spiro atoms. The summed E-state index contributed by atoms with van der Waals surface area (Å²) in [4.78, 5) is 34.1. The van der Waals surface area contributed by atoms with Crippen LogP contribution in [0.1, 0.15) is 36.2 Å². The molecule has 0 saturated carbocycles. The van der Waals surface area contributed by atoms with Gasteiger partial charge in [-0.2, -0.15) is 0 Å². The number of amides is 1. The van der Waals surface area contributed by atoms with Gasteiger partial charge in [-0.25, -0.2) is 4.98 Å². The summed E-state index contributed by atoms with van der Waals surface area (Å²) < 4.78 is 5.33. The number of anilines is 1. The first-order valence-corrected chi connectivity index (χ1v) is 9.31. The van der Waals surface area contributed by atoms with Crippen molar-refractivity contribution in [2.24, 2.45) is 0 Å². The van der Waals surface area contributed by atoms with Crippen LogP contribution in [-0.4, -0.2) is 42.2 Å². The normalized spacial score (nSPS) is 15.4. The SMILES string of the molecule is Cc1nc(N2CCOCC2)[nH]c(=O)c1CCC(=O)NC(C)c1ccccc1. The Balaban J connectivity index is 1.60. The molecule has 2 N–H and O–H groups in total. The Kier molecular flexibility index (Phi) is 6.24. The number of H-pyrrole nitrogens is 1. The molecule has 1 unspecified atom stereocenters. The zero-order valence-corrected chi connectivity index (χ0v) is 15.8. The van der Waals surface area contributed by atoms with Crippen LogP contribution in [0.5, 0.6) is 0 Å². The number of nitrogens with one attached hydrogen (secondary N) is 2. The number of benzene rings is 1. The van der Waals surface area contributed by atoms with Crippen LogP contribution >= 0.6 is 0 Å². The monoisotopic (exact) mass is 370 g/mol. The molecule has 1 atom stereocenters. The number of ether oxygens (including phenoxy) is 1. The van der Waals surface area contributed by atoms with E-state index in [0.717, 1.165) is 5.56 Å². The van der Waals surface area contributed by atoms with Gasteiger partial charge < -0.3 is 15.0 Å². The predicted molar refractivity (Wildman–Crippen MR) is 104 cm³/mol. The average Bonchev–Trinajstić information content (AvgIpc) is 2.68. The number of carbonyl (C=O) groups excluding carboxylic acids is 1. The summed E-state index contributed by atoms with van der Waals surface area (Å²) in [5.74, 6) is 0.495. The summed E-state index contributed by atoms with van der Waals surface area (Å²) >= 11 is 0. The predicted octanol–water partition coefficient (Wildman–Crippen LogP) is 1.72. The molecule has 1 fully saturated rings. The second-order valence-electron chi connectivity index (χ2n) is 6.75. The van der Waals surface area contributed by atoms with E-state index in [2.05, 4.69) is 15.3 Å². The number of hydrogen-bond acceptors (Lipinski definition) is 5. The molecule has 2 aromatic rings. The summed E-state index contributed by atoms with van der Waals surface area (Å²) in [6.07, 6.45) is 0.616. The van der Waals surface area contributed by atoms with Crippen molar-refractivity contribution in [3.05, 3.63) is 57.5 Å². The standard InChI is InChI=1S/C20H26N4O3/c1-14(16-6-4-3-5-7-16)21-18(25)9-8-17-15(2)22-20(23-19(17)26)24-10-12-27-13-11-24/h3-7,14H,8-13H2,1-2H3,(H,21,25)(H,22,23,26). The number of aryl methyl sites for hydroxylation is 1. The molecular weight excluding hydrogens is 344 g/mol. The van der Waals surface area contributed by atoms with Gasteiger partial charge in [-0.05, 0) is 25.8 Å². The molecule has 0 aliphatic carbocycles. The molecule has 27 heavy (non-hydrogen) atoms. The molecular formula is C20H26N4O3. The number of rotatable bonds is 6. The molecule has 1 aliphatic heterocycles. The number of nitrogens with zero attached hydrogens (tertiary/aromatic N) is 2. The Morgan fingerprint density at radius 3 is 2.67 bits per heavy atom. The molecule has 7 nitrogen and oxygen atoms in total. The van der Waals surface area contributed by atoms with Gasteiger partial charge in [0.05, 0.1) is 19.3 Å². The van der Waals surface area contributed by atoms with E-state index in [-0.39, 0.29) is 23.9 Å². The van der Waals surface area contributed by atoms with Gasteiger partial charge in [-0.1, -0.05) is 30.3 Å². The highest BCUT2D eigenvalue weighted by Gasteiger charge is 2.17. The minimum absolute atomic E-state index is 0.0695. The summed E-state index contributed by atoms with van der Waals surface area (Å²) in [7, 11) is 0. The quantitative estimate of drug-likeness (QED) is 0.809. The molecule has 0 radical (unpaired) electrons. The number of hydrogen-bond donors (Lipinski definition) is 2. The van der Waals surface area contributed by atoms with Gasteiger partial charge in [0.25, 0.3) is 5.56 Å². The molecule has 1 aromatic carbocycles. The van der Waals surface area contributed by atoms with Gasteiger partial charge in [0.1, 0.15) is 0 Å². The molecule has 1 saturated heterocycles. The van der Waals surface area contributed by atoms with Crippen molar-refractivity contribution in [2.75, 3.05) is 31.2 Å². The van der Waals surface area contributed by atoms with Gasteiger partial charge in [0, 0.05) is 30.8 Å². The van der Waals surface area contributed by atoms with E-state index in [9.17, 15) is 9.59 Å². The Bertz CT molecular complexity index is 829. The topological polar surface area (TPSA) is 87.3 Å². The fourth-order valence-corrected chi connectivity index (χ4v) is 3.19. The Labute approximate surface area is 158 Å². The van der Waals surface area contributed by atoms with Crippen molar-refractivity contribution in [1.29, 1.82) is 0 Å². The third-order valence-corrected chi connectivity index (χ3v) is 4.80. The first-order valence-electron chi connectivity index (χ1n) is 9.31. The van der Waals surface area contributed by atoms with Crippen LogP contribution in [0.15, 0.2) is 35.1 Å². The fraction of sp³-hybridized carbons (Fsp3) is 0.450. The molecule has 2 heterocycles. The maximum atomic E-state index is 12.5. The highest BCUT2D eigenvalue weighted by molar-refractivity contribution is 5.76. The maximum absolute atomic E-state index is 12.5. The zero-order valence-electron chi connectivity index (χ0n) is 15.8. The van der Waals surface area contributed by atoms with E-state index < -0.39 is 0 Å². The van der Waals surface area contributed by atoms with Gasteiger partial charge in [0.2, 0.25) is 11.9 Å². The maximum Gasteiger partial charge on any atom is 0.255 e. The van der Waals surface area contributed by atoms with Crippen LogP contribution in [0.4, 0.5) is 5.95 Å². The fourth-order valence-electron chi connectivity index (χ4n) is 3.19. The first-order chi connectivity index (χ1) is 13.0. The van der Waals surface area contributed by atoms with Crippen molar-refractivity contribution in [1.82, 2.24) is 15.3 Å². The summed E-state index contributed by atoms with van der Waals surface area (Å²) in [6.45, 7) is 6.45. The number of aromatic nitrogens is 2. The Morgan fingerprint density at radius 1 is 1.30 bits per heavy atom. The molecule has 144 valence electrons. The van der Waals surface area contributed by atoms with E-state index >= 15 is 0 Å². The van der Waals surface area contributed by atoms with E-state index in [1.165, 1.54) is 0 Å². The van der Waals surface area contributed by atoms with Gasteiger partial charge in [-0.15, -0.1) is 0 Å². The highest BCUT2D eigenvalue weighted by Crippen LogP contribution is 2.13. The van der Waals surface area contributed by atoms with Crippen molar-refractivity contribution >= 4 is 11.9 Å². The number of carbonyl (C=O) groups is 1. The number of aromatic amines is 1. The van der Waals surface area contributed by atoms with Crippen LogP contribution in [-0.2, 0) is 16.0 Å². The van der Waals surface area contributed by atoms with Crippen LogP contribution in [0.25, 0.3) is 0 Å². The third kappa shape index (κ3) is 4.95. The van der Waals surface area contributed by atoms with Crippen LogP contribution < -0.4 is 15.8 Å². The second kappa shape index (κ2) is 8.81. The lowest BCUT2D eigenvalue weighted by Gasteiger charge is -2.27. The second-order valence-corrected chi connectivity index (χ2v) is 6.75. The lowest BCUT2D eigenvalue weighted by molar-refractivity contribution is -0.121. The van der Waals surface area contributed by atoms with Crippen molar-refractivity contribution in [3.8, 4) is 0 Å². The van der Waals surface area contributed by atoms with Crippen molar-refractivity contribution < 1.29 is 9.53 Å². The Morgan fingerprint density at radius 2 is 2.00 bits per heavy atom.